The summed E-state index contributed by atoms with van der Waals surface area (Å²) in [6.07, 6.45) is 8.42. The van der Waals surface area contributed by atoms with E-state index >= 15 is 0 Å². The molecule has 0 N–H and O–H groups in total. The minimum atomic E-state index is -0.0475. The largest absolute Gasteiger partial charge is 0.294 e. The first kappa shape index (κ1) is 13.1. The number of pyridine rings is 2. The minimum Gasteiger partial charge on any atom is -0.294 e. The summed E-state index contributed by atoms with van der Waals surface area (Å²) in [4.78, 5) is 28.7. The standard InChI is InChI=1S/C16H12N4O/c21-15(12-4-3-6-17-9-12)8-16-19-10-13(11-20-16)14-5-1-2-7-18-14/h1-7,9-11H,8H2. The average molecular weight is 276 g/mol. The number of carbonyl (C=O) groups excluding carboxylic acids is 1. The van der Waals surface area contributed by atoms with Crippen molar-refractivity contribution in [3.8, 4) is 11.3 Å². The smallest absolute Gasteiger partial charge is 0.171 e. The van der Waals surface area contributed by atoms with Gasteiger partial charge >= 0.3 is 0 Å². The van der Waals surface area contributed by atoms with E-state index in [1.165, 1.54) is 0 Å². The summed E-state index contributed by atoms with van der Waals surface area (Å²) in [5.41, 5.74) is 2.20. The molecule has 0 fully saturated rings. The molecule has 0 saturated carbocycles. The highest BCUT2D eigenvalue weighted by Crippen LogP contribution is 2.13. The lowest BCUT2D eigenvalue weighted by molar-refractivity contribution is 0.0990. The van der Waals surface area contributed by atoms with Gasteiger partial charge in [0.2, 0.25) is 0 Å². The van der Waals surface area contributed by atoms with Gasteiger partial charge in [0.1, 0.15) is 5.82 Å². The number of ketones is 1. The highest BCUT2D eigenvalue weighted by atomic mass is 16.1. The zero-order chi connectivity index (χ0) is 14.5. The molecule has 3 aromatic heterocycles. The molecule has 5 heteroatoms. The van der Waals surface area contributed by atoms with Crippen LogP contribution >= 0.6 is 0 Å². The highest BCUT2D eigenvalue weighted by Gasteiger charge is 2.09. The van der Waals surface area contributed by atoms with Gasteiger partial charge in [0.05, 0.1) is 12.1 Å². The van der Waals surface area contributed by atoms with Gasteiger partial charge in [-0.2, -0.15) is 0 Å². The van der Waals surface area contributed by atoms with Crippen molar-refractivity contribution >= 4 is 5.78 Å². The fraction of sp³-hybridized carbons (Fsp3) is 0.0625. The molecule has 0 amide bonds. The van der Waals surface area contributed by atoms with Crippen molar-refractivity contribution < 1.29 is 4.79 Å². The molecule has 0 aliphatic carbocycles. The van der Waals surface area contributed by atoms with E-state index in [-0.39, 0.29) is 12.2 Å². The molecule has 21 heavy (non-hydrogen) atoms. The lowest BCUT2D eigenvalue weighted by atomic mass is 10.1. The van der Waals surface area contributed by atoms with E-state index in [2.05, 4.69) is 19.9 Å². The third kappa shape index (κ3) is 3.14. The maximum absolute atomic E-state index is 12.0. The number of aromatic nitrogens is 4. The Morgan fingerprint density at radius 3 is 2.43 bits per heavy atom. The third-order valence-electron chi connectivity index (χ3n) is 2.97. The second-order valence-corrected chi connectivity index (χ2v) is 4.44. The van der Waals surface area contributed by atoms with E-state index < -0.39 is 0 Å². The Hall–Kier alpha value is -2.95. The molecule has 3 heterocycles. The SMILES string of the molecule is O=C(Cc1ncc(-c2ccccn2)cn1)c1cccnc1. The molecular weight excluding hydrogens is 264 g/mol. The molecule has 102 valence electrons. The van der Waals surface area contributed by atoms with Gasteiger partial charge in [0, 0.05) is 42.1 Å². The lowest BCUT2D eigenvalue weighted by Crippen LogP contribution is -2.07. The number of hydrogen-bond acceptors (Lipinski definition) is 5. The summed E-state index contributed by atoms with van der Waals surface area (Å²) in [5.74, 6) is 0.442. The molecule has 0 unspecified atom stereocenters. The number of rotatable bonds is 4. The number of Topliss-reactive ketones (excluding diaryl/α,β-unsaturated/α-hetero) is 1. The van der Waals surface area contributed by atoms with Gasteiger partial charge in [-0.3, -0.25) is 14.8 Å². The van der Waals surface area contributed by atoms with Crippen molar-refractivity contribution in [2.24, 2.45) is 0 Å². The van der Waals surface area contributed by atoms with Crippen LogP contribution in [0.25, 0.3) is 11.3 Å². The van der Waals surface area contributed by atoms with E-state index in [0.29, 0.717) is 11.4 Å². The topological polar surface area (TPSA) is 68.6 Å². The Morgan fingerprint density at radius 1 is 0.905 bits per heavy atom. The maximum atomic E-state index is 12.0. The van der Waals surface area contributed by atoms with E-state index in [9.17, 15) is 4.79 Å². The summed E-state index contributed by atoms with van der Waals surface area (Å²) in [6, 6.07) is 9.11. The van der Waals surface area contributed by atoms with Crippen LogP contribution < -0.4 is 0 Å². The molecule has 0 aromatic carbocycles. The van der Waals surface area contributed by atoms with E-state index in [1.807, 2.05) is 18.2 Å². The molecule has 0 saturated heterocycles. The number of nitrogens with zero attached hydrogens (tertiary/aromatic N) is 4. The van der Waals surface area contributed by atoms with Crippen molar-refractivity contribution in [3.05, 3.63) is 72.7 Å². The van der Waals surface area contributed by atoms with Gasteiger partial charge in [0.25, 0.3) is 0 Å². The second kappa shape index (κ2) is 6.00. The zero-order valence-corrected chi connectivity index (χ0v) is 11.2. The van der Waals surface area contributed by atoms with Crippen LogP contribution in [0.4, 0.5) is 0 Å². The van der Waals surface area contributed by atoms with Crippen LogP contribution in [0.5, 0.6) is 0 Å². The minimum absolute atomic E-state index is 0.0475. The second-order valence-electron chi connectivity index (χ2n) is 4.44. The van der Waals surface area contributed by atoms with Gasteiger partial charge in [-0.15, -0.1) is 0 Å². The fourth-order valence-electron chi connectivity index (χ4n) is 1.89. The molecule has 5 nitrogen and oxygen atoms in total. The van der Waals surface area contributed by atoms with Crippen molar-refractivity contribution in [2.75, 3.05) is 0 Å². The summed E-state index contributed by atoms with van der Waals surface area (Å²) in [7, 11) is 0. The molecule has 0 radical (unpaired) electrons. The molecular formula is C16H12N4O. The van der Waals surface area contributed by atoms with Gasteiger partial charge in [-0.05, 0) is 24.3 Å². The van der Waals surface area contributed by atoms with Crippen LogP contribution in [0.3, 0.4) is 0 Å². The van der Waals surface area contributed by atoms with Crippen LogP contribution in [-0.4, -0.2) is 25.7 Å². The predicted octanol–water partition coefficient (Wildman–Crippen LogP) is 2.36. The Balaban J connectivity index is 1.75. The Kier molecular flexibility index (Phi) is 3.73. The van der Waals surface area contributed by atoms with Crippen molar-refractivity contribution in [3.63, 3.8) is 0 Å². The molecule has 0 atom stereocenters. The van der Waals surface area contributed by atoms with E-state index in [1.54, 1.807) is 43.1 Å². The molecule has 0 aliphatic heterocycles. The van der Waals surface area contributed by atoms with Gasteiger partial charge in [-0.25, -0.2) is 9.97 Å². The van der Waals surface area contributed by atoms with Crippen LogP contribution in [0.2, 0.25) is 0 Å². The summed E-state index contributed by atoms with van der Waals surface area (Å²) >= 11 is 0. The van der Waals surface area contributed by atoms with Crippen molar-refractivity contribution in [1.29, 1.82) is 0 Å². The van der Waals surface area contributed by atoms with E-state index in [4.69, 9.17) is 0 Å². The first-order valence-electron chi connectivity index (χ1n) is 6.48. The molecule has 0 bridgehead atoms. The summed E-state index contributed by atoms with van der Waals surface area (Å²) < 4.78 is 0. The summed E-state index contributed by atoms with van der Waals surface area (Å²) in [6.45, 7) is 0. The van der Waals surface area contributed by atoms with Gasteiger partial charge in [0.15, 0.2) is 5.78 Å². The molecule has 0 spiro atoms. The van der Waals surface area contributed by atoms with Gasteiger partial charge in [-0.1, -0.05) is 6.07 Å². The first-order chi connectivity index (χ1) is 10.3. The monoisotopic (exact) mass is 276 g/mol. The molecule has 0 aliphatic rings. The van der Waals surface area contributed by atoms with Crippen molar-refractivity contribution in [1.82, 2.24) is 19.9 Å². The molecule has 3 aromatic rings. The quantitative estimate of drug-likeness (QED) is 0.684. The highest BCUT2D eigenvalue weighted by molar-refractivity contribution is 5.96. The average Bonchev–Trinajstić information content (AvgIpc) is 2.57. The Bertz CT molecular complexity index is 727. The normalized spacial score (nSPS) is 10.3. The first-order valence-corrected chi connectivity index (χ1v) is 6.48. The molecule has 3 rings (SSSR count). The predicted molar refractivity (Wildman–Crippen MR) is 77.5 cm³/mol. The zero-order valence-electron chi connectivity index (χ0n) is 11.2. The third-order valence-corrected chi connectivity index (χ3v) is 2.97. The fourth-order valence-corrected chi connectivity index (χ4v) is 1.89. The number of carbonyl (C=O) groups is 1. The van der Waals surface area contributed by atoms with Crippen LogP contribution in [0.1, 0.15) is 16.2 Å². The van der Waals surface area contributed by atoms with Crippen LogP contribution in [0.15, 0.2) is 61.3 Å². The van der Waals surface area contributed by atoms with Crippen LogP contribution in [0, 0.1) is 0 Å². The number of hydrogen-bond donors (Lipinski definition) is 0. The van der Waals surface area contributed by atoms with Crippen LogP contribution in [-0.2, 0) is 6.42 Å². The summed E-state index contributed by atoms with van der Waals surface area (Å²) in [5, 5.41) is 0. The van der Waals surface area contributed by atoms with E-state index in [0.717, 1.165) is 11.3 Å². The Labute approximate surface area is 121 Å². The Morgan fingerprint density at radius 2 is 1.76 bits per heavy atom. The van der Waals surface area contributed by atoms with Crippen molar-refractivity contribution in [2.45, 2.75) is 6.42 Å². The maximum Gasteiger partial charge on any atom is 0.171 e. The lowest BCUT2D eigenvalue weighted by Gasteiger charge is -2.02. The van der Waals surface area contributed by atoms with Gasteiger partial charge < -0.3 is 0 Å².